The number of hydrogen-bond donors (Lipinski definition) is 1. The molecule has 0 aliphatic carbocycles. The topological polar surface area (TPSA) is 24.6 Å². The molecule has 1 aromatic carbocycles. The fourth-order valence-electron chi connectivity index (χ4n) is 1.37. The van der Waals surface area contributed by atoms with Gasteiger partial charge in [-0.3, -0.25) is 0 Å². The van der Waals surface area contributed by atoms with Gasteiger partial charge >= 0.3 is 0 Å². The Morgan fingerprint density at radius 2 is 2.29 bits per heavy atom. The summed E-state index contributed by atoms with van der Waals surface area (Å²) < 4.78 is 0. The predicted molar refractivity (Wildman–Crippen MR) is 57.2 cm³/mol. The lowest BCUT2D eigenvalue weighted by molar-refractivity contribution is 0.164. The molecule has 0 aromatic heterocycles. The van der Waals surface area contributed by atoms with Crippen LogP contribution in [0.1, 0.15) is 37.9 Å². The fourth-order valence-corrected chi connectivity index (χ4v) is 1.37. The maximum atomic E-state index is 9.77. The van der Waals surface area contributed by atoms with E-state index in [4.69, 9.17) is 6.57 Å². The van der Waals surface area contributed by atoms with Crippen molar-refractivity contribution in [2.45, 2.75) is 32.3 Å². The molecule has 1 aromatic rings. The van der Waals surface area contributed by atoms with Gasteiger partial charge in [-0.25, -0.2) is 4.85 Å². The molecule has 0 amide bonds. The Labute approximate surface area is 85.0 Å². The molecule has 1 rings (SSSR count). The Morgan fingerprint density at radius 3 is 2.93 bits per heavy atom. The second-order valence-electron chi connectivity index (χ2n) is 3.36. The van der Waals surface area contributed by atoms with Crippen molar-refractivity contribution in [2.75, 3.05) is 0 Å². The highest BCUT2D eigenvalue weighted by Gasteiger charge is 2.06. The van der Waals surface area contributed by atoms with E-state index in [9.17, 15) is 5.11 Å². The largest absolute Gasteiger partial charge is 0.388 e. The summed E-state index contributed by atoms with van der Waals surface area (Å²) in [6.07, 6.45) is 2.46. The summed E-state index contributed by atoms with van der Waals surface area (Å²) in [6.45, 7) is 8.96. The number of aliphatic hydroxyl groups excluding tert-OH is 1. The molecule has 0 radical (unpaired) electrons. The average molecular weight is 189 g/mol. The molecule has 74 valence electrons. The highest BCUT2D eigenvalue weighted by atomic mass is 16.3. The summed E-state index contributed by atoms with van der Waals surface area (Å²) >= 11 is 0. The molecule has 0 saturated carbocycles. The van der Waals surface area contributed by atoms with Gasteiger partial charge < -0.3 is 5.11 Å². The zero-order valence-electron chi connectivity index (χ0n) is 8.40. The van der Waals surface area contributed by atoms with E-state index in [1.807, 2.05) is 12.1 Å². The molecule has 0 fully saturated rings. The van der Waals surface area contributed by atoms with Gasteiger partial charge in [0, 0.05) is 0 Å². The number of benzene rings is 1. The third-order valence-corrected chi connectivity index (χ3v) is 2.22. The molecular weight excluding hydrogens is 174 g/mol. The van der Waals surface area contributed by atoms with E-state index in [-0.39, 0.29) is 0 Å². The molecule has 0 aliphatic rings. The van der Waals surface area contributed by atoms with Crippen molar-refractivity contribution in [2.24, 2.45) is 0 Å². The van der Waals surface area contributed by atoms with Crippen LogP contribution in [0.4, 0.5) is 5.69 Å². The van der Waals surface area contributed by atoms with Crippen LogP contribution in [0.25, 0.3) is 4.85 Å². The summed E-state index contributed by atoms with van der Waals surface area (Å²) in [4.78, 5) is 3.33. The summed E-state index contributed by atoms with van der Waals surface area (Å²) in [5.41, 5.74) is 1.45. The van der Waals surface area contributed by atoms with Crippen LogP contribution in [0.5, 0.6) is 0 Å². The second-order valence-corrected chi connectivity index (χ2v) is 3.36. The van der Waals surface area contributed by atoms with E-state index >= 15 is 0 Å². The van der Waals surface area contributed by atoms with Crippen molar-refractivity contribution in [3.8, 4) is 0 Å². The number of rotatable bonds is 4. The molecule has 0 spiro atoms. The lowest BCUT2D eigenvalue weighted by atomic mass is 10.0. The lowest BCUT2D eigenvalue weighted by Gasteiger charge is -2.10. The second kappa shape index (κ2) is 5.41. The first-order valence-corrected chi connectivity index (χ1v) is 4.93. The highest BCUT2D eigenvalue weighted by molar-refractivity contribution is 5.46. The van der Waals surface area contributed by atoms with Crippen molar-refractivity contribution in [1.82, 2.24) is 0 Å². The van der Waals surface area contributed by atoms with Crippen LogP contribution in [0, 0.1) is 6.57 Å². The summed E-state index contributed by atoms with van der Waals surface area (Å²) in [6, 6.07) is 7.20. The van der Waals surface area contributed by atoms with Crippen molar-refractivity contribution in [3.63, 3.8) is 0 Å². The standard InChI is InChI=1S/C12H15NO/c1-3-4-8-12(14)10-6-5-7-11(9-10)13-2/h5-7,9,12,14H,3-4,8H2,1H3. The van der Waals surface area contributed by atoms with Crippen LogP contribution >= 0.6 is 0 Å². The maximum Gasteiger partial charge on any atom is 0.187 e. The lowest BCUT2D eigenvalue weighted by Crippen LogP contribution is -1.96. The Kier molecular flexibility index (Phi) is 4.15. The molecule has 1 N–H and O–H groups in total. The maximum absolute atomic E-state index is 9.77. The summed E-state index contributed by atoms with van der Waals surface area (Å²) in [5, 5.41) is 9.77. The van der Waals surface area contributed by atoms with Crippen LogP contribution in [0.3, 0.4) is 0 Å². The van der Waals surface area contributed by atoms with E-state index in [1.165, 1.54) is 0 Å². The highest BCUT2D eigenvalue weighted by Crippen LogP contribution is 2.23. The monoisotopic (exact) mass is 189 g/mol. The smallest absolute Gasteiger partial charge is 0.187 e. The van der Waals surface area contributed by atoms with Gasteiger partial charge in [0.1, 0.15) is 0 Å². The van der Waals surface area contributed by atoms with Crippen molar-refractivity contribution in [1.29, 1.82) is 0 Å². The molecule has 2 heteroatoms. The van der Waals surface area contributed by atoms with E-state index in [2.05, 4.69) is 11.8 Å². The molecular formula is C12H15NO. The van der Waals surface area contributed by atoms with E-state index in [0.29, 0.717) is 5.69 Å². The first-order chi connectivity index (χ1) is 6.77. The van der Waals surface area contributed by atoms with Crippen molar-refractivity contribution >= 4 is 5.69 Å². The molecule has 1 unspecified atom stereocenters. The number of unbranched alkanes of at least 4 members (excludes halogenated alkanes) is 1. The molecule has 0 aliphatic heterocycles. The third kappa shape index (κ3) is 2.86. The van der Waals surface area contributed by atoms with Gasteiger partial charge in [0.15, 0.2) is 5.69 Å². The van der Waals surface area contributed by atoms with Gasteiger partial charge in [0.2, 0.25) is 0 Å². The molecule has 14 heavy (non-hydrogen) atoms. The minimum Gasteiger partial charge on any atom is -0.388 e. The van der Waals surface area contributed by atoms with Crippen molar-refractivity contribution < 1.29 is 5.11 Å². The number of hydrogen-bond acceptors (Lipinski definition) is 1. The van der Waals surface area contributed by atoms with Crippen LogP contribution in [-0.2, 0) is 0 Å². The quantitative estimate of drug-likeness (QED) is 0.721. The molecule has 0 bridgehead atoms. The molecule has 0 saturated heterocycles. The van der Waals surface area contributed by atoms with Crippen LogP contribution in [0.15, 0.2) is 24.3 Å². The molecule has 2 nitrogen and oxygen atoms in total. The van der Waals surface area contributed by atoms with Gasteiger partial charge in [-0.1, -0.05) is 44.0 Å². The third-order valence-electron chi connectivity index (χ3n) is 2.22. The zero-order chi connectivity index (χ0) is 10.4. The minimum absolute atomic E-state index is 0.420. The minimum atomic E-state index is -0.420. The van der Waals surface area contributed by atoms with E-state index in [1.54, 1.807) is 12.1 Å². The Morgan fingerprint density at radius 1 is 1.50 bits per heavy atom. The van der Waals surface area contributed by atoms with Gasteiger partial charge in [-0.15, -0.1) is 0 Å². The summed E-state index contributed by atoms with van der Waals surface area (Å²) in [7, 11) is 0. The summed E-state index contributed by atoms with van der Waals surface area (Å²) in [5.74, 6) is 0. The Bertz CT molecular complexity index is 327. The van der Waals surface area contributed by atoms with Gasteiger partial charge in [0.25, 0.3) is 0 Å². The first-order valence-electron chi connectivity index (χ1n) is 4.93. The SMILES string of the molecule is [C-]#[N+]c1cccc(C(O)CCCC)c1. The normalized spacial score (nSPS) is 12.1. The molecule has 0 heterocycles. The van der Waals surface area contributed by atoms with Crippen LogP contribution in [-0.4, -0.2) is 5.11 Å². The van der Waals surface area contributed by atoms with Crippen molar-refractivity contribution in [3.05, 3.63) is 41.2 Å². The average Bonchev–Trinajstić information content (AvgIpc) is 2.26. The van der Waals surface area contributed by atoms with Crippen LogP contribution < -0.4 is 0 Å². The first kappa shape index (κ1) is 10.7. The fraction of sp³-hybridized carbons (Fsp3) is 0.417. The Balaban J connectivity index is 2.70. The van der Waals surface area contributed by atoms with E-state index < -0.39 is 6.10 Å². The predicted octanol–water partition coefficient (Wildman–Crippen LogP) is 3.46. The van der Waals surface area contributed by atoms with Gasteiger partial charge in [0.05, 0.1) is 12.7 Å². The Hall–Kier alpha value is -1.33. The molecule has 1 atom stereocenters. The number of aliphatic hydroxyl groups is 1. The van der Waals surface area contributed by atoms with E-state index in [0.717, 1.165) is 24.8 Å². The van der Waals surface area contributed by atoms with Gasteiger partial charge in [-0.05, 0) is 12.0 Å². The number of nitrogens with zero attached hydrogens (tertiary/aromatic N) is 1. The zero-order valence-corrected chi connectivity index (χ0v) is 8.40. The van der Waals surface area contributed by atoms with Crippen LogP contribution in [0.2, 0.25) is 0 Å². The van der Waals surface area contributed by atoms with Gasteiger partial charge in [-0.2, -0.15) is 0 Å².